The van der Waals surface area contributed by atoms with Crippen LogP contribution in [-0.4, -0.2) is 41.8 Å². The summed E-state index contributed by atoms with van der Waals surface area (Å²) in [6.07, 6.45) is 0.534. The monoisotopic (exact) mass is 516 g/mol. The third-order valence-electron chi connectivity index (χ3n) is 5.75. The van der Waals surface area contributed by atoms with Gasteiger partial charge in [0.25, 0.3) is 0 Å². The number of anilines is 1. The Balaban J connectivity index is 1.55. The number of hydrogen-bond acceptors (Lipinski definition) is 4. The molecular formula is C30H36N4O4. The SMILES string of the molecule is CC(C)(C)NC(=O)C[C@H](NC(=O)CCc1ccccc1)C(=O)NCCC(=O)Nc1cccc2ccccc12. The Morgan fingerprint density at radius 3 is 2.18 bits per heavy atom. The molecule has 4 amide bonds. The maximum atomic E-state index is 12.9. The minimum Gasteiger partial charge on any atom is -0.354 e. The average molecular weight is 517 g/mol. The standard InChI is InChI=1S/C30H36N4O4/c1-30(2,3)34-28(37)20-25(33-26(35)17-16-21-10-5-4-6-11-21)29(38)31-19-18-27(36)32-24-15-9-13-22-12-7-8-14-23(22)24/h4-15,25H,16-20H2,1-3H3,(H,31,38)(H,32,36)(H,33,35)(H,34,37)/t25-/m0/s1. The van der Waals surface area contributed by atoms with Gasteiger partial charge >= 0.3 is 0 Å². The Morgan fingerprint density at radius 2 is 1.45 bits per heavy atom. The van der Waals surface area contributed by atoms with Gasteiger partial charge in [-0.15, -0.1) is 0 Å². The molecule has 3 aromatic carbocycles. The molecular weight excluding hydrogens is 480 g/mol. The molecule has 0 fully saturated rings. The third kappa shape index (κ3) is 9.35. The van der Waals surface area contributed by atoms with E-state index in [0.717, 1.165) is 16.3 Å². The lowest BCUT2D eigenvalue weighted by Gasteiger charge is -2.23. The van der Waals surface area contributed by atoms with Crippen LogP contribution < -0.4 is 21.3 Å². The molecule has 0 aliphatic heterocycles. The second kappa shape index (κ2) is 13.4. The topological polar surface area (TPSA) is 116 Å². The van der Waals surface area contributed by atoms with Gasteiger partial charge in [-0.05, 0) is 44.2 Å². The van der Waals surface area contributed by atoms with Crippen LogP contribution in [0.5, 0.6) is 0 Å². The Kier molecular flexibility index (Phi) is 9.99. The fourth-order valence-corrected chi connectivity index (χ4v) is 4.00. The molecule has 200 valence electrons. The molecule has 38 heavy (non-hydrogen) atoms. The summed E-state index contributed by atoms with van der Waals surface area (Å²) in [4.78, 5) is 50.6. The summed E-state index contributed by atoms with van der Waals surface area (Å²) >= 11 is 0. The van der Waals surface area contributed by atoms with Crippen LogP contribution in [0.1, 0.15) is 45.6 Å². The highest BCUT2D eigenvalue weighted by atomic mass is 16.2. The molecule has 0 aliphatic rings. The summed E-state index contributed by atoms with van der Waals surface area (Å²) in [7, 11) is 0. The van der Waals surface area contributed by atoms with Gasteiger partial charge < -0.3 is 21.3 Å². The molecule has 0 radical (unpaired) electrons. The zero-order chi connectivity index (χ0) is 27.5. The minimum atomic E-state index is -1.05. The lowest BCUT2D eigenvalue weighted by Crippen LogP contribution is -2.51. The van der Waals surface area contributed by atoms with Crippen LogP contribution in [0.4, 0.5) is 5.69 Å². The molecule has 0 unspecified atom stereocenters. The molecule has 4 N–H and O–H groups in total. The number of rotatable bonds is 11. The van der Waals surface area contributed by atoms with E-state index in [2.05, 4.69) is 21.3 Å². The van der Waals surface area contributed by atoms with Gasteiger partial charge in [-0.1, -0.05) is 66.7 Å². The summed E-state index contributed by atoms with van der Waals surface area (Å²) in [5, 5.41) is 13.0. The van der Waals surface area contributed by atoms with Gasteiger partial charge in [0.05, 0.1) is 6.42 Å². The second-order valence-corrected chi connectivity index (χ2v) is 10.2. The zero-order valence-electron chi connectivity index (χ0n) is 22.2. The average Bonchev–Trinajstić information content (AvgIpc) is 2.87. The predicted octanol–water partition coefficient (Wildman–Crippen LogP) is 3.71. The normalized spacial score (nSPS) is 11.9. The van der Waals surface area contributed by atoms with E-state index in [0.29, 0.717) is 12.1 Å². The number of nitrogens with one attached hydrogen (secondary N) is 4. The molecule has 8 heteroatoms. The number of carbonyl (C=O) groups excluding carboxylic acids is 4. The zero-order valence-corrected chi connectivity index (χ0v) is 22.2. The number of benzene rings is 3. The fraction of sp³-hybridized carbons (Fsp3) is 0.333. The number of fused-ring (bicyclic) bond motifs is 1. The van der Waals surface area contributed by atoms with Gasteiger partial charge in [0.2, 0.25) is 23.6 Å². The van der Waals surface area contributed by atoms with Crippen molar-refractivity contribution in [2.45, 2.75) is 58.0 Å². The van der Waals surface area contributed by atoms with Crippen LogP contribution in [0.15, 0.2) is 72.8 Å². The van der Waals surface area contributed by atoms with E-state index in [1.807, 2.05) is 93.6 Å². The molecule has 0 heterocycles. The van der Waals surface area contributed by atoms with Crippen LogP contribution in [0.3, 0.4) is 0 Å². The Labute approximate surface area is 223 Å². The number of amides is 4. The van der Waals surface area contributed by atoms with E-state index in [9.17, 15) is 19.2 Å². The van der Waals surface area contributed by atoms with Crippen molar-refractivity contribution in [3.63, 3.8) is 0 Å². The van der Waals surface area contributed by atoms with Crippen LogP contribution in [-0.2, 0) is 25.6 Å². The Hall–Kier alpha value is -4.20. The summed E-state index contributed by atoms with van der Waals surface area (Å²) in [5.74, 6) is -1.45. The van der Waals surface area contributed by atoms with Crippen molar-refractivity contribution >= 4 is 40.1 Å². The second-order valence-electron chi connectivity index (χ2n) is 10.2. The van der Waals surface area contributed by atoms with E-state index in [4.69, 9.17) is 0 Å². The smallest absolute Gasteiger partial charge is 0.243 e. The Morgan fingerprint density at radius 1 is 0.763 bits per heavy atom. The van der Waals surface area contributed by atoms with Crippen molar-refractivity contribution in [1.82, 2.24) is 16.0 Å². The number of aryl methyl sites for hydroxylation is 1. The van der Waals surface area contributed by atoms with Gasteiger partial charge in [0.15, 0.2) is 0 Å². The molecule has 0 saturated carbocycles. The molecule has 0 bridgehead atoms. The summed E-state index contributed by atoms with van der Waals surface area (Å²) in [6.45, 7) is 5.58. The van der Waals surface area contributed by atoms with Crippen molar-refractivity contribution < 1.29 is 19.2 Å². The summed E-state index contributed by atoms with van der Waals surface area (Å²) < 4.78 is 0. The van der Waals surface area contributed by atoms with Crippen LogP contribution >= 0.6 is 0 Å². The highest BCUT2D eigenvalue weighted by molar-refractivity contribution is 6.02. The van der Waals surface area contributed by atoms with Crippen molar-refractivity contribution in [3.8, 4) is 0 Å². The summed E-state index contributed by atoms with van der Waals surface area (Å²) in [5.41, 5.74) is 1.22. The molecule has 1 atom stereocenters. The quantitative estimate of drug-likeness (QED) is 0.311. The Bertz CT molecular complexity index is 1260. The van der Waals surface area contributed by atoms with Crippen LogP contribution in [0.2, 0.25) is 0 Å². The molecule has 0 saturated heterocycles. The van der Waals surface area contributed by atoms with Gasteiger partial charge in [-0.3, -0.25) is 19.2 Å². The molecule has 0 spiro atoms. The largest absolute Gasteiger partial charge is 0.354 e. The van der Waals surface area contributed by atoms with Crippen molar-refractivity contribution in [2.24, 2.45) is 0 Å². The molecule has 3 rings (SSSR count). The fourth-order valence-electron chi connectivity index (χ4n) is 4.00. The lowest BCUT2D eigenvalue weighted by molar-refractivity contribution is -0.132. The van der Waals surface area contributed by atoms with Gasteiger partial charge in [0.1, 0.15) is 6.04 Å². The van der Waals surface area contributed by atoms with E-state index < -0.39 is 17.5 Å². The molecule has 0 aliphatic carbocycles. The summed E-state index contributed by atoms with van der Waals surface area (Å²) in [6, 6.07) is 21.9. The third-order valence-corrected chi connectivity index (χ3v) is 5.75. The van der Waals surface area contributed by atoms with Gasteiger partial charge in [0, 0.05) is 36.0 Å². The molecule has 0 aromatic heterocycles. The first-order chi connectivity index (χ1) is 18.1. The molecule has 8 nitrogen and oxygen atoms in total. The predicted molar refractivity (Wildman–Crippen MR) is 149 cm³/mol. The van der Waals surface area contributed by atoms with E-state index in [-0.39, 0.29) is 43.5 Å². The van der Waals surface area contributed by atoms with E-state index in [1.54, 1.807) is 0 Å². The van der Waals surface area contributed by atoms with E-state index >= 15 is 0 Å². The maximum absolute atomic E-state index is 12.9. The maximum Gasteiger partial charge on any atom is 0.243 e. The van der Waals surface area contributed by atoms with Crippen molar-refractivity contribution in [2.75, 3.05) is 11.9 Å². The highest BCUT2D eigenvalue weighted by Crippen LogP contribution is 2.22. The minimum absolute atomic E-state index is 0.0395. The van der Waals surface area contributed by atoms with Crippen molar-refractivity contribution in [3.05, 3.63) is 78.4 Å². The van der Waals surface area contributed by atoms with Gasteiger partial charge in [-0.25, -0.2) is 0 Å². The number of carbonyl (C=O) groups is 4. The first-order valence-corrected chi connectivity index (χ1v) is 12.8. The molecule has 3 aromatic rings. The first-order valence-electron chi connectivity index (χ1n) is 12.8. The first kappa shape index (κ1) is 28.4. The van der Waals surface area contributed by atoms with E-state index in [1.165, 1.54) is 0 Å². The number of hydrogen-bond donors (Lipinski definition) is 4. The van der Waals surface area contributed by atoms with Crippen molar-refractivity contribution in [1.29, 1.82) is 0 Å². The lowest BCUT2D eigenvalue weighted by atomic mass is 10.1. The van der Waals surface area contributed by atoms with Crippen LogP contribution in [0.25, 0.3) is 10.8 Å². The van der Waals surface area contributed by atoms with Crippen LogP contribution in [0, 0.1) is 0 Å². The van der Waals surface area contributed by atoms with Gasteiger partial charge in [-0.2, -0.15) is 0 Å². The highest BCUT2D eigenvalue weighted by Gasteiger charge is 2.25.